The summed E-state index contributed by atoms with van der Waals surface area (Å²) in [5, 5.41) is 19.9. The van der Waals surface area contributed by atoms with Gasteiger partial charge in [-0.1, -0.05) is 42.5 Å². The Bertz CT molecular complexity index is 1220. The predicted molar refractivity (Wildman–Crippen MR) is 140 cm³/mol. The largest absolute Gasteiger partial charge is 0.508 e. The number of thioether (sulfide) groups is 1. The molecular weight excluding hydrogens is 463 g/mol. The van der Waals surface area contributed by atoms with E-state index in [1.54, 1.807) is 42.4 Å². The molecule has 3 aromatic carbocycles. The predicted octanol–water partition coefficient (Wildman–Crippen LogP) is 5.56. The first-order chi connectivity index (χ1) is 16.9. The number of aliphatic hydroxyl groups is 1. The van der Waals surface area contributed by atoms with Gasteiger partial charge in [0.2, 0.25) is 5.91 Å². The smallest absolute Gasteiger partial charge is 0.243 e. The fourth-order valence-electron chi connectivity index (χ4n) is 4.15. The second-order valence-electron chi connectivity index (χ2n) is 8.24. The van der Waals surface area contributed by atoms with Crippen molar-refractivity contribution in [1.29, 1.82) is 0 Å². The summed E-state index contributed by atoms with van der Waals surface area (Å²) in [6.07, 6.45) is 2.96. The van der Waals surface area contributed by atoms with Crippen LogP contribution in [0, 0.1) is 5.82 Å². The van der Waals surface area contributed by atoms with E-state index in [4.69, 9.17) is 0 Å². The Morgan fingerprint density at radius 3 is 2.34 bits per heavy atom. The molecule has 0 aliphatic carbocycles. The first-order valence-electron chi connectivity index (χ1n) is 11.3. The molecule has 1 amide bonds. The topological polar surface area (TPSA) is 73.1 Å². The van der Waals surface area contributed by atoms with Crippen molar-refractivity contribution >= 4 is 35.1 Å². The Morgan fingerprint density at radius 2 is 1.74 bits per heavy atom. The Hall–Kier alpha value is -3.42. The van der Waals surface area contributed by atoms with Crippen molar-refractivity contribution in [3.63, 3.8) is 0 Å². The molecule has 1 saturated heterocycles. The van der Waals surface area contributed by atoms with E-state index in [0.717, 1.165) is 22.4 Å². The first-order valence-corrected chi connectivity index (χ1v) is 12.3. The lowest BCUT2D eigenvalue weighted by Crippen LogP contribution is -2.57. The number of aliphatic imine (C=N–C) groups is 1. The monoisotopic (exact) mass is 490 g/mol. The SMILES string of the molecule is C/C=C(\C=NC)c1ccc(N2C(=O)[C@H](SCC(O)c3ccc(F)cc3)C2c2ccc(O)cc2)cc1. The van der Waals surface area contributed by atoms with Gasteiger partial charge in [-0.05, 0) is 65.6 Å². The molecule has 7 heteroatoms. The maximum Gasteiger partial charge on any atom is 0.243 e. The number of phenols is 1. The van der Waals surface area contributed by atoms with Gasteiger partial charge in [-0.2, -0.15) is 0 Å². The number of rotatable bonds is 8. The summed E-state index contributed by atoms with van der Waals surface area (Å²) in [5.41, 5.74) is 4.27. The normalized spacial score (nSPS) is 19.1. The number of amides is 1. The van der Waals surface area contributed by atoms with Crippen molar-refractivity contribution in [2.45, 2.75) is 24.3 Å². The molecule has 0 saturated carbocycles. The number of phenolic OH excluding ortho intramolecular Hbond substituents is 1. The number of aliphatic hydroxyl groups excluding tert-OH is 1. The summed E-state index contributed by atoms with van der Waals surface area (Å²) in [6.45, 7) is 1.95. The van der Waals surface area contributed by atoms with Gasteiger partial charge in [0.1, 0.15) is 16.8 Å². The highest BCUT2D eigenvalue weighted by atomic mass is 32.2. The summed E-state index contributed by atoms with van der Waals surface area (Å²) >= 11 is 1.38. The molecule has 2 N–H and O–H groups in total. The van der Waals surface area contributed by atoms with Crippen molar-refractivity contribution in [3.05, 3.63) is 101 Å². The van der Waals surface area contributed by atoms with Crippen molar-refractivity contribution in [1.82, 2.24) is 0 Å². The van der Waals surface area contributed by atoms with Crippen LogP contribution in [0.3, 0.4) is 0 Å². The molecule has 1 fully saturated rings. The molecule has 0 aromatic heterocycles. The summed E-state index contributed by atoms with van der Waals surface area (Å²) in [4.78, 5) is 19.1. The van der Waals surface area contributed by atoms with Crippen LogP contribution in [0.4, 0.5) is 10.1 Å². The number of halogens is 1. The van der Waals surface area contributed by atoms with E-state index in [1.807, 2.05) is 49.4 Å². The molecule has 0 radical (unpaired) electrons. The van der Waals surface area contributed by atoms with Crippen molar-refractivity contribution in [2.24, 2.45) is 4.99 Å². The lowest BCUT2D eigenvalue weighted by molar-refractivity contribution is -0.123. The number of hydrogen-bond donors (Lipinski definition) is 2. The molecule has 180 valence electrons. The van der Waals surface area contributed by atoms with Crippen LogP contribution in [0.2, 0.25) is 0 Å². The third-order valence-corrected chi connectivity index (χ3v) is 7.35. The third kappa shape index (κ3) is 5.31. The van der Waals surface area contributed by atoms with E-state index in [0.29, 0.717) is 11.3 Å². The van der Waals surface area contributed by atoms with Crippen molar-refractivity contribution < 1.29 is 19.4 Å². The highest BCUT2D eigenvalue weighted by Gasteiger charge is 2.49. The van der Waals surface area contributed by atoms with Crippen molar-refractivity contribution in [3.8, 4) is 5.75 Å². The average Bonchev–Trinajstić information content (AvgIpc) is 2.87. The van der Waals surface area contributed by atoms with Crippen LogP contribution in [0.1, 0.15) is 35.8 Å². The summed E-state index contributed by atoms with van der Waals surface area (Å²) in [7, 11) is 1.73. The van der Waals surface area contributed by atoms with Crippen molar-refractivity contribution in [2.75, 3.05) is 17.7 Å². The second-order valence-corrected chi connectivity index (χ2v) is 9.42. The molecule has 35 heavy (non-hydrogen) atoms. The minimum Gasteiger partial charge on any atom is -0.508 e. The van der Waals surface area contributed by atoms with Gasteiger partial charge >= 0.3 is 0 Å². The average molecular weight is 491 g/mol. The number of anilines is 1. The molecule has 3 aromatic rings. The number of allylic oxidation sites excluding steroid dienone is 2. The molecule has 0 spiro atoms. The van der Waals surface area contributed by atoms with E-state index in [2.05, 4.69) is 4.99 Å². The van der Waals surface area contributed by atoms with Gasteiger partial charge in [0.15, 0.2) is 0 Å². The van der Waals surface area contributed by atoms with E-state index in [-0.39, 0.29) is 23.5 Å². The van der Waals surface area contributed by atoms with Gasteiger partial charge in [0.25, 0.3) is 0 Å². The quantitative estimate of drug-likeness (QED) is 0.320. The number of carbonyl (C=O) groups is 1. The van der Waals surface area contributed by atoms with Gasteiger partial charge in [0.05, 0.1) is 12.1 Å². The zero-order valence-electron chi connectivity index (χ0n) is 19.5. The summed E-state index contributed by atoms with van der Waals surface area (Å²) in [6, 6.07) is 20.1. The highest BCUT2D eigenvalue weighted by molar-refractivity contribution is 8.00. The highest BCUT2D eigenvalue weighted by Crippen LogP contribution is 2.46. The molecular formula is C28H27FN2O3S. The molecule has 2 unspecified atom stereocenters. The molecule has 0 bridgehead atoms. The standard InChI is InChI=1S/C28H27FN2O3S/c1-3-18(16-30-2)19-6-12-23(13-7-19)31-26(21-8-14-24(32)15-9-21)27(28(31)34)35-17-25(33)20-4-10-22(29)11-5-20/h3-16,25-27,32-33H,17H2,1-2H3/b18-3+,30-16?/t25?,26?,27-/m1/s1. The molecule has 1 aliphatic rings. The van der Waals surface area contributed by atoms with Gasteiger partial charge in [-0.3, -0.25) is 9.79 Å². The number of β-lactam (4-membered cyclic amide) rings is 1. The fraction of sp³-hybridized carbons (Fsp3) is 0.214. The zero-order valence-corrected chi connectivity index (χ0v) is 20.3. The van der Waals surface area contributed by atoms with E-state index < -0.39 is 11.4 Å². The van der Waals surface area contributed by atoms with Crippen LogP contribution in [-0.4, -0.2) is 40.4 Å². The second kappa shape index (κ2) is 10.9. The number of aromatic hydroxyl groups is 1. The van der Waals surface area contributed by atoms with Gasteiger partial charge in [-0.25, -0.2) is 4.39 Å². The minimum atomic E-state index is -0.818. The first kappa shape index (κ1) is 24.7. The third-order valence-electron chi connectivity index (χ3n) is 6.03. The van der Waals surface area contributed by atoms with Crippen LogP contribution in [-0.2, 0) is 4.79 Å². The van der Waals surface area contributed by atoms with Crippen LogP contribution in [0.15, 0.2) is 83.9 Å². The maximum atomic E-state index is 13.3. The Kier molecular flexibility index (Phi) is 7.68. The molecule has 5 nitrogen and oxygen atoms in total. The molecule has 1 heterocycles. The number of carbonyl (C=O) groups excluding carboxylic acids is 1. The van der Waals surface area contributed by atoms with Gasteiger partial charge in [-0.15, -0.1) is 11.8 Å². The lowest BCUT2D eigenvalue weighted by atomic mass is 9.92. The summed E-state index contributed by atoms with van der Waals surface area (Å²) < 4.78 is 13.2. The minimum absolute atomic E-state index is 0.0477. The Balaban J connectivity index is 1.56. The van der Waals surface area contributed by atoms with Gasteiger partial charge in [0, 0.05) is 24.7 Å². The van der Waals surface area contributed by atoms with E-state index in [1.165, 1.54) is 23.9 Å². The number of hydrogen-bond acceptors (Lipinski definition) is 5. The van der Waals surface area contributed by atoms with Crippen LogP contribution in [0.5, 0.6) is 5.75 Å². The molecule has 3 atom stereocenters. The Morgan fingerprint density at radius 1 is 1.09 bits per heavy atom. The van der Waals surface area contributed by atoms with E-state index in [9.17, 15) is 19.4 Å². The number of nitrogens with zero attached hydrogens (tertiary/aromatic N) is 2. The lowest BCUT2D eigenvalue weighted by Gasteiger charge is -2.47. The Labute approximate surface area is 208 Å². The van der Waals surface area contributed by atoms with E-state index >= 15 is 0 Å². The van der Waals surface area contributed by atoms with Gasteiger partial charge < -0.3 is 15.1 Å². The maximum absolute atomic E-state index is 13.3. The van der Waals surface area contributed by atoms with Crippen LogP contribution < -0.4 is 4.90 Å². The van der Waals surface area contributed by atoms with Crippen LogP contribution in [0.25, 0.3) is 5.57 Å². The molecule has 4 rings (SSSR count). The summed E-state index contributed by atoms with van der Waals surface area (Å²) in [5.74, 6) is 0.0429. The zero-order chi connectivity index (χ0) is 24.9. The number of benzene rings is 3. The van der Waals surface area contributed by atoms with Crippen LogP contribution >= 0.6 is 11.8 Å². The fourth-order valence-corrected chi connectivity index (χ4v) is 5.45. The molecule has 1 aliphatic heterocycles.